The molecule has 1 heterocycles. The van der Waals surface area contributed by atoms with Crippen molar-refractivity contribution >= 4 is 34.1 Å². The van der Waals surface area contributed by atoms with Gasteiger partial charge in [0.25, 0.3) is 0 Å². The number of hydrogen-bond donors (Lipinski definition) is 1. The summed E-state index contributed by atoms with van der Waals surface area (Å²) in [5.41, 5.74) is 5.43. The van der Waals surface area contributed by atoms with Gasteiger partial charge in [0.2, 0.25) is 0 Å². The summed E-state index contributed by atoms with van der Waals surface area (Å²) in [4.78, 5) is 4.31. The summed E-state index contributed by atoms with van der Waals surface area (Å²) >= 11 is 0. The smallest absolute Gasteiger partial charge is 0.316 e. The number of nitrogens with one attached hydrogen (secondary N) is 1. The molecule has 0 aliphatic rings. The zero-order valence-electron chi connectivity index (χ0n) is 11.7. The van der Waals surface area contributed by atoms with Crippen molar-refractivity contribution in [2.75, 3.05) is 5.43 Å². The summed E-state index contributed by atoms with van der Waals surface area (Å²) in [5, 5.41) is 6.57. The highest BCUT2D eigenvalue weighted by Gasteiger charge is 2.03. The summed E-state index contributed by atoms with van der Waals surface area (Å²) in [5.74, 6) is 0. The highest BCUT2D eigenvalue weighted by atomic mass is 16.4. The number of hydrazone groups is 1. The van der Waals surface area contributed by atoms with E-state index in [9.17, 15) is 0 Å². The van der Waals surface area contributed by atoms with Gasteiger partial charge >= 0.3 is 6.01 Å². The van der Waals surface area contributed by atoms with Gasteiger partial charge in [0.1, 0.15) is 5.52 Å². The Kier molecular flexibility index (Phi) is 3.05. The van der Waals surface area contributed by atoms with E-state index in [2.05, 4.69) is 33.7 Å². The molecule has 3 aromatic carbocycles. The van der Waals surface area contributed by atoms with Crippen molar-refractivity contribution in [3.8, 4) is 0 Å². The van der Waals surface area contributed by atoms with E-state index in [1.54, 1.807) is 6.21 Å². The molecule has 0 bridgehead atoms. The molecule has 4 heteroatoms. The van der Waals surface area contributed by atoms with E-state index in [-0.39, 0.29) is 0 Å². The third kappa shape index (κ3) is 2.31. The van der Waals surface area contributed by atoms with E-state index in [4.69, 9.17) is 4.42 Å². The molecular weight excluding hydrogens is 274 g/mol. The lowest BCUT2D eigenvalue weighted by Crippen LogP contribution is -1.91. The lowest BCUT2D eigenvalue weighted by molar-refractivity contribution is 0.617. The fourth-order valence-electron chi connectivity index (χ4n) is 2.44. The van der Waals surface area contributed by atoms with Crippen molar-refractivity contribution in [1.29, 1.82) is 0 Å². The van der Waals surface area contributed by atoms with E-state index >= 15 is 0 Å². The van der Waals surface area contributed by atoms with E-state index in [0.717, 1.165) is 22.0 Å². The van der Waals surface area contributed by atoms with Gasteiger partial charge in [-0.05, 0) is 22.9 Å². The first-order chi connectivity index (χ1) is 10.9. The molecule has 1 aromatic heterocycles. The molecule has 0 saturated heterocycles. The largest absolute Gasteiger partial charge is 0.422 e. The van der Waals surface area contributed by atoms with E-state index < -0.39 is 0 Å². The Hall–Kier alpha value is -3.14. The maximum absolute atomic E-state index is 5.56. The summed E-state index contributed by atoms with van der Waals surface area (Å²) in [7, 11) is 0. The predicted octanol–water partition coefficient (Wildman–Crippen LogP) is 4.43. The van der Waals surface area contributed by atoms with Gasteiger partial charge in [-0.15, -0.1) is 0 Å². The Morgan fingerprint density at radius 2 is 1.73 bits per heavy atom. The molecule has 0 spiro atoms. The van der Waals surface area contributed by atoms with Crippen LogP contribution in [0.5, 0.6) is 0 Å². The van der Waals surface area contributed by atoms with Crippen molar-refractivity contribution in [2.24, 2.45) is 5.10 Å². The number of nitrogens with zero attached hydrogens (tertiary/aromatic N) is 2. The molecule has 0 aliphatic heterocycles. The molecule has 4 nitrogen and oxygen atoms in total. The molecule has 0 atom stereocenters. The van der Waals surface area contributed by atoms with Crippen LogP contribution in [0.25, 0.3) is 21.9 Å². The van der Waals surface area contributed by atoms with Crippen LogP contribution < -0.4 is 5.43 Å². The first-order valence-corrected chi connectivity index (χ1v) is 7.02. The fourth-order valence-corrected chi connectivity index (χ4v) is 2.44. The molecule has 4 rings (SSSR count). The Morgan fingerprint density at radius 3 is 2.68 bits per heavy atom. The highest BCUT2D eigenvalue weighted by Crippen LogP contribution is 2.19. The third-order valence-electron chi connectivity index (χ3n) is 3.48. The zero-order valence-corrected chi connectivity index (χ0v) is 11.7. The van der Waals surface area contributed by atoms with Gasteiger partial charge in [0.15, 0.2) is 5.58 Å². The van der Waals surface area contributed by atoms with E-state index in [0.29, 0.717) is 6.01 Å². The van der Waals surface area contributed by atoms with Crippen molar-refractivity contribution in [3.63, 3.8) is 0 Å². The van der Waals surface area contributed by atoms with Gasteiger partial charge in [-0.3, -0.25) is 0 Å². The predicted molar refractivity (Wildman–Crippen MR) is 89.2 cm³/mol. The molecule has 0 amide bonds. The van der Waals surface area contributed by atoms with Crippen LogP contribution in [0.2, 0.25) is 0 Å². The van der Waals surface area contributed by atoms with E-state index in [1.165, 1.54) is 5.39 Å². The average Bonchev–Trinajstić information content (AvgIpc) is 2.98. The van der Waals surface area contributed by atoms with Crippen LogP contribution in [0.15, 0.2) is 76.2 Å². The number of oxazole rings is 1. The Bertz CT molecular complexity index is 934. The van der Waals surface area contributed by atoms with Crippen LogP contribution in [0.4, 0.5) is 6.01 Å². The summed E-state index contributed by atoms with van der Waals surface area (Å²) in [6.45, 7) is 0. The number of rotatable bonds is 3. The number of hydrogen-bond acceptors (Lipinski definition) is 4. The van der Waals surface area contributed by atoms with Gasteiger partial charge in [-0.2, -0.15) is 10.1 Å². The topological polar surface area (TPSA) is 50.4 Å². The van der Waals surface area contributed by atoms with Crippen LogP contribution in [0.1, 0.15) is 5.56 Å². The minimum Gasteiger partial charge on any atom is -0.422 e. The molecule has 106 valence electrons. The minimum atomic E-state index is 0.387. The van der Waals surface area contributed by atoms with Crippen LogP contribution in [0, 0.1) is 0 Å². The van der Waals surface area contributed by atoms with Gasteiger partial charge in [0.05, 0.1) is 6.21 Å². The molecule has 0 fully saturated rings. The van der Waals surface area contributed by atoms with Crippen LogP contribution in [-0.4, -0.2) is 11.2 Å². The second kappa shape index (κ2) is 5.33. The lowest BCUT2D eigenvalue weighted by atomic mass is 10.1. The van der Waals surface area contributed by atoms with Crippen LogP contribution in [0.3, 0.4) is 0 Å². The first-order valence-electron chi connectivity index (χ1n) is 7.02. The Balaban J connectivity index is 1.61. The van der Waals surface area contributed by atoms with Crippen molar-refractivity contribution in [2.45, 2.75) is 0 Å². The fraction of sp³-hybridized carbons (Fsp3) is 0. The van der Waals surface area contributed by atoms with E-state index in [1.807, 2.05) is 48.5 Å². The maximum Gasteiger partial charge on any atom is 0.316 e. The Labute approximate surface area is 127 Å². The highest BCUT2D eigenvalue weighted by molar-refractivity contribution is 5.99. The number of aromatic nitrogens is 1. The van der Waals surface area contributed by atoms with Gasteiger partial charge < -0.3 is 4.42 Å². The van der Waals surface area contributed by atoms with Gasteiger partial charge in [0, 0.05) is 5.56 Å². The zero-order chi connectivity index (χ0) is 14.8. The third-order valence-corrected chi connectivity index (χ3v) is 3.48. The lowest BCUT2D eigenvalue weighted by Gasteiger charge is -2.00. The summed E-state index contributed by atoms with van der Waals surface area (Å²) in [6.07, 6.45) is 1.78. The molecule has 0 aliphatic carbocycles. The quantitative estimate of drug-likeness (QED) is 0.448. The molecule has 0 saturated carbocycles. The molecule has 22 heavy (non-hydrogen) atoms. The Morgan fingerprint density at radius 1 is 0.909 bits per heavy atom. The SMILES string of the molecule is C(=N\Nc1nc2ccccc2o1)/c1cccc2ccccc12. The number of benzene rings is 3. The molecule has 4 aromatic rings. The second-order valence-corrected chi connectivity index (χ2v) is 4.93. The van der Waals surface area contributed by atoms with Crippen LogP contribution >= 0.6 is 0 Å². The molecule has 0 unspecified atom stereocenters. The van der Waals surface area contributed by atoms with Crippen molar-refractivity contribution in [3.05, 3.63) is 72.3 Å². The van der Waals surface area contributed by atoms with Crippen molar-refractivity contribution < 1.29 is 4.42 Å². The van der Waals surface area contributed by atoms with Crippen molar-refractivity contribution in [1.82, 2.24) is 4.98 Å². The molecule has 1 N–H and O–H groups in total. The number of fused-ring (bicyclic) bond motifs is 2. The van der Waals surface area contributed by atoms with Gasteiger partial charge in [-0.25, -0.2) is 5.43 Å². The normalized spacial score (nSPS) is 11.5. The standard InChI is InChI=1S/C18H13N3O/c1-2-9-15-13(6-1)7-5-8-14(15)12-19-21-18-20-16-10-3-4-11-17(16)22-18/h1-12H,(H,20,21)/b19-12+. The first kappa shape index (κ1) is 12.6. The van der Waals surface area contributed by atoms with Crippen LogP contribution in [-0.2, 0) is 0 Å². The summed E-state index contributed by atoms with van der Waals surface area (Å²) < 4.78 is 5.56. The average molecular weight is 287 g/mol. The number of para-hydroxylation sites is 2. The van der Waals surface area contributed by atoms with Gasteiger partial charge in [-0.1, -0.05) is 54.6 Å². The minimum absolute atomic E-state index is 0.387. The molecule has 0 radical (unpaired) electrons. The second-order valence-electron chi connectivity index (χ2n) is 4.93. The monoisotopic (exact) mass is 287 g/mol. The summed E-state index contributed by atoms with van der Waals surface area (Å²) in [6, 6.07) is 22.3. The maximum atomic E-state index is 5.56. The number of anilines is 1. The molecular formula is C18H13N3O.